The van der Waals surface area contributed by atoms with Crippen molar-refractivity contribution in [2.45, 2.75) is 31.5 Å². The van der Waals surface area contributed by atoms with Gasteiger partial charge in [-0.3, -0.25) is 0 Å². The van der Waals surface area contributed by atoms with Crippen molar-refractivity contribution >= 4 is 10.0 Å². The zero-order valence-electron chi connectivity index (χ0n) is 12.1. The first-order valence-corrected chi connectivity index (χ1v) is 8.15. The highest BCUT2D eigenvalue weighted by atomic mass is 32.2. The minimum Gasteiger partial charge on any atom is -0.349 e. The molecule has 2 aromatic rings. The van der Waals surface area contributed by atoms with E-state index in [9.17, 15) is 8.42 Å². The van der Waals surface area contributed by atoms with Crippen LogP contribution in [-0.2, 0) is 29.7 Å². The summed E-state index contributed by atoms with van der Waals surface area (Å²) in [6, 6.07) is 5.12. The molecule has 0 aliphatic carbocycles. The standard InChI is InChI=1S/C13H19N5O2S/c1-3-18-10-13(7-12(18)9-14-2)21(19,20)16-8-11-5-4-6-15-17-11/h4-7,10,14,16H,3,8-9H2,1-2H3. The third kappa shape index (κ3) is 3.87. The van der Waals surface area contributed by atoms with Crippen LogP contribution in [0.4, 0.5) is 0 Å². The molecular formula is C13H19N5O2S. The van der Waals surface area contributed by atoms with Crippen LogP contribution in [0.1, 0.15) is 18.3 Å². The number of nitrogens with one attached hydrogen (secondary N) is 2. The van der Waals surface area contributed by atoms with Gasteiger partial charge in [-0.05, 0) is 32.2 Å². The number of hydrogen-bond acceptors (Lipinski definition) is 5. The predicted molar refractivity (Wildman–Crippen MR) is 78.9 cm³/mol. The summed E-state index contributed by atoms with van der Waals surface area (Å²) in [5.74, 6) is 0. The van der Waals surface area contributed by atoms with E-state index in [-0.39, 0.29) is 11.4 Å². The van der Waals surface area contributed by atoms with Crippen LogP contribution in [0.25, 0.3) is 0 Å². The van der Waals surface area contributed by atoms with E-state index in [1.54, 1.807) is 30.6 Å². The molecule has 0 aliphatic rings. The van der Waals surface area contributed by atoms with Crippen molar-refractivity contribution in [3.8, 4) is 0 Å². The SMILES string of the molecule is CCn1cc(S(=O)(=O)NCc2cccnn2)cc1CNC. The van der Waals surface area contributed by atoms with Gasteiger partial charge < -0.3 is 9.88 Å². The number of hydrogen-bond donors (Lipinski definition) is 2. The number of aromatic nitrogens is 3. The molecule has 7 nitrogen and oxygen atoms in total. The second-order valence-corrected chi connectivity index (χ2v) is 6.29. The van der Waals surface area contributed by atoms with Crippen molar-refractivity contribution < 1.29 is 8.42 Å². The number of rotatable bonds is 7. The van der Waals surface area contributed by atoms with Gasteiger partial charge in [0.1, 0.15) is 0 Å². The van der Waals surface area contributed by atoms with Gasteiger partial charge in [-0.15, -0.1) is 0 Å². The molecule has 0 aliphatic heterocycles. The Kier molecular flexibility index (Phi) is 5.05. The number of sulfonamides is 1. The first-order valence-electron chi connectivity index (χ1n) is 6.66. The van der Waals surface area contributed by atoms with E-state index >= 15 is 0 Å². The third-order valence-corrected chi connectivity index (χ3v) is 4.41. The second-order valence-electron chi connectivity index (χ2n) is 4.52. The molecule has 0 fully saturated rings. The van der Waals surface area contributed by atoms with Gasteiger partial charge in [-0.2, -0.15) is 10.2 Å². The van der Waals surface area contributed by atoms with Crippen molar-refractivity contribution in [2.75, 3.05) is 7.05 Å². The average molecular weight is 309 g/mol. The van der Waals surface area contributed by atoms with Gasteiger partial charge in [-0.1, -0.05) is 0 Å². The van der Waals surface area contributed by atoms with E-state index in [2.05, 4.69) is 20.2 Å². The highest BCUT2D eigenvalue weighted by Gasteiger charge is 2.17. The molecular weight excluding hydrogens is 290 g/mol. The van der Waals surface area contributed by atoms with Crippen LogP contribution in [0.2, 0.25) is 0 Å². The lowest BCUT2D eigenvalue weighted by atomic mass is 10.4. The monoisotopic (exact) mass is 309 g/mol. The molecule has 8 heteroatoms. The number of nitrogens with zero attached hydrogens (tertiary/aromatic N) is 3. The molecule has 114 valence electrons. The molecule has 0 spiro atoms. The van der Waals surface area contributed by atoms with E-state index in [0.29, 0.717) is 12.2 Å². The maximum Gasteiger partial charge on any atom is 0.242 e. The Balaban J connectivity index is 2.15. The summed E-state index contributed by atoms with van der Waals surface area (Å²) in [4.78, 5) is 0.262. The lowest BCUT2D eigenvalue weighted by molar-refractivity contribution is 0.579. The zero-order chi connectivity index (χ0) is 15.3. The third-order valence-electron chi connectivity index (χ3n) is 3.04. The summed E-state index contributed by atoms with van der Waals surface area (Å²) in [6.45, 7) is 3.43. The maximum atomic E-state index is 12.3. The van der Waals surface area contributed by atoms with E-state index in [0.717, 1.165) is 12.2 Å². The van der Waals surface area contributed by atoms with Gasteiger partial charge in [0.05, 0.1) is 17.1 Å². The molecule has 0 saturated carbocycles. The molecule has 0 amide bonds. The van der Waals surface area contributed by atoms with Crippen molar-refractivity contribution in [1.29, 1.82) is 0 Å². The topological polar surface area (TPSA) is 88.9 Å². The fraction of sp³-hybridized carbons (Fsp3) is 0.385. The van der Waals surface area contributed by atoms with Gasteiger partial charge >= 0.3 is 0 Å². The molecule has 2 aromatic heterocycles. The van der Waals surface area contributed by atoms with Crippen molar-refractivity contribution in [1.82, 2.24) is 24.8 Å². The second kappa shape index (κ2) is 6.79. The fourth-order valence-corrected chi connectivity index (χ4v) is 3.04. The molecule has 2 heterocycles. The Hall–Kier alpha value is -1.77. The summed E-state index contributed by atoms with van der Waals surface area (Å²) in [5.41, 5.74) is 1.51. The summed E-state index contributed by atoms with van der Waals surface area (Å²) < 4.78 is 29.0. The first kappa shape index (κ1) is 15.6. The lowest BCUT2D eigenvalue weighted by Gasteiger charge is -2.04. The van der Waals surface area contributed by atoms with Crippen LogP contribution in [0.5, 0.6) is 0 Å². The van der Waals surface area contributed by atoms with E-state index < -0.39 is 10.0 Å². The Morgan fingerprint density at radius 3 is 2.76 bits per heavy atom. The highest BCUT2D eigenvalue weighted by molar-refractivity contribution is 7.89. The average Bonchev–Trinajstić information content (AvgIpc) is 2.91. The molecule has 2 N–H and O–H groups in total. The molecule has 0 radical (unpaired) electrons. The molecule has 0 atom stereocenters. The van der Waals surface area contributed by atoms with Crippen LogP contribution in [0.3, 0.4) is 0 Å². The van der Waals surface area contributed by atoms with Gasteiger partial charge in [0.2, 0.25) is 10.0 Å². The molecule has 0 bridgehead atoms. The van der Waals surface area contributed by atoms with Crippen LogP contribution >= 0.6 is 0 Å². The van der Waals surface area contributed by atoms with Crippen LogP contribution < -0.4 is 10.0 Å². The summed E-state index contributed by atoms with van der Waals surface area (Å²) >= 11 is 0. The minimum absolute atomic E-state index is 0.120. The lowest BCUT2D eigenvalue weighted by Crippen LogP contribution is -2.23. The Labute approximate surface area is 124 Å². The zero-order valence-corrected chi connectivity index (χ0v) is 12.9. The van der Waals surface area contributed by atoms with Gasteiger partial charge in [0, 0.05) is 31.2 Å². The largest absolute Gasteiger partial charge is 0.349 e. The van der Waals surface area contributed by atoms with E-state index in [1.165, 1.54) is 0 Å². The van der Waals surface area contributed by atoms with Gasteiger partial charge in [0.15, 0.2) is 0 Å². The Bertz CT molecular complexity index is 682. The summed E-state index contributed by atoms with van der Waals surface area (Å²) in [6.07, 6.45) is 3.19. The van der Waals surface area contributed by atoms with Crippen LogP contribution in [-0.4, -0.2) is 30.2 Å². The normalized spacial score (nSPS) is 11.7. The number of aryl methyl sites for hydroxylation is 1. The van der Waals surface area contributed by atoms with E-state index in [1.807, 2.05) is 18.5 Å². The van der Waals surface area contributed by atoms with Crippen LogP contribution in [0, 0.1) is 0 Å². The quantitative estimate of drug-likeness (QED) is 0.777. The molecule has 2 rings (SSSR count). The Morgan fingerprint density at radius 1 is 1.33 bits per heavy atom. The smallest absolute Gasteiger partial charge is 0.242 e. The van der Waals surface area contributed by atoms with Crippen molar-refractivity contribution in [2.24, 2.45) is 0 Å². The van der Waals surface area contributed by atoms with E-state index in [4.69, 9.17) is 0 Å². The molecule has 0 aromatic carbocycles. The van der Waals surface area contributed by atoms with Crippen molar-refractivity contribution in [3.63, 3.8) is 0 Å². The van der Waals surface area contributed by atoms with Gasteiger partial charge in [-0.25, -0.2) is 13.1 Å². The molecule has 21 heavy (non-hydrogen) atoms. The molecule has 0 saturated heterocycles. The predicted octanol–water partition coefficient (Wildman–Crippen LogP) is 0.496. The minimum atomic E-state index is -3.55. The summed E-state index contributed by atoms with van der Waals surface area (Å²) in [7, 11) is -1.73. The first-order chi connectivity index (χ1) is 10.1. The Morgan fingerprint density at radius 2 is 2.14 bits per heavy atom. The molecule has 0 unspecified atom stereocenters. The maximum absolute atomic E-state index is 12.3. The van der Waals surface area contributed by atoms with Crippen LogP contribution in [0.15, 0.2) is 35.5 Å². The fourth-order valence-electron chi connectivity index (χ4n) is 1.98. The highest BCUT2D eigenvalue weighted by Crippen LogP contribution is 2.15. The van der Waals surface area contributed by atoms with Gasteiger partial charge in [0.25, 0.3) is 0 Å². The summed E-state index contributed by atoms with van der Waals surface area (Å²) in [5, 5.41) is 10.6. The van der Waals surface area contributed by atoms with Crippen molar-refractivity contribution in [3.05, 3.63) is 42.0 Å².